The highest BCUT2D eigenvalue weighted by Gasteiger charge is 2.01. The molecule has 0 unspecified atom stereocenters. The Bertz CT molecular complexity index is 173. The van der Waals surface area contributed by atoms with Gasteiger partial charge in [0.25, 0.3) is 0 Å². The minimum absolute atomic E-state index is 0.295. The Morgan fingerprint density at radius 2 is 2.07 bits per heavy atom. The predicted molar refractivity (Wildman–Crippen MR) is 58.5 cm³/mol. The van der Waals surface area contributed by atoms with E-state index in [4.69, 9.17) is 4.74 Å². The van der Waals surface area contributed by atoms with Crippen molar-refractivity contribution in [3.8, 4) is 0 Å². The van der Waals surface area contributed by atoms with Crippen LogP contribution in [-0.2, 0) is 9.53 Å². The highest BCUT2D eigenvalue weighted by molar-refractivity contribution is 5.86. The number of carbonyl (C=O) groups is 1. The molecule has 0 rings (SSSR count). The van der Waals surface area contributed by atoms with Gasteiger partial charge in [-0.1, -0.05) is 39.2 Å². The van der Waals surface area contributed by atoms with E-state index in [0.717, 1.165) is 19.3 Å². The van der Waals surface area contributed by atoms with Gasteiger partial charge in [-0.2, -0.15) is 0 Å². The third-order valence-corrected chi connectivity index (χ3v) is 1.81. The van der Waals surface area contributed by atoms with Crippen LogP contribution >= 0.6 is 0 Å². The molecule has 14 heavy (non-hydrogen) atoms. The van der Waals surface area contributed by atoms with E-state index in [2.05, 4.69) is 19.9 Å². The lowest BCUT2D eigenvalue weighted by molar-refractivity contribution is -0.138. The molecule has 0 aromatic heterocycles. The van der Waals surface area contributed by atoms with Crippen molar-refractivity contribution < 1.29 is 9.53 Å². The molecular weight excluding hydrogens is 176 g/mol. The molecule has 0 bridgehead atoms. The first-order valence-corrected chi connectivity index (χ1v) is 5.12. The van der Waals surface area contributed by atoms with E-state index in [0.29, 0.717) is 12.2 Å². The van der Waals surface area contributed by atoms with Crippen LogP contribution < -0.4 is 0 Å². The van der Waals surface area contributed by atoms with Gasteiger partial charge in [0.05, 0.1) is 6.61 Å². The lowest BCUT2D eigenvalue weighted by Gasteiger charge is -2.03. The average molecular weight is 196 g/mol. The maximum absolute atomic E-state index is 10.9. The average Bonchev–Trinajstić information content (AvgIpc) is 2.16. The molecule has 0 saturated heterocycles. The van der Waals surface area contributed by atoms with Gasteiger partial charge in [0.1, 0.15) is 0 Å². The molecule has 0 aliphatic carbocycles. The van der Waals surface area contributed by atoms with Crippen LogP contribution in [0.15, 0.2) is 12.2 Å². The second kappa shape index (κ2) is 8.79. The summed E-state index contributed by atoms with van der Waals surface area (Å²) in [5.74, 6) is -0.295. The minimum Gasteiger partial charge on any atom is -0.462 e. The standard InChI is InChI=1S/C12H20O2/c1-4-5-6-7-8-9-10-14-12(13)11(2)3/h8H,1-2,4-7,9-10H2,3H3. The normalized spacial score (nSPS) is 9.86. The van der Waals surface area contributed by atoms with E-state index in [-0.39, 0.29) is 5.97 Å². The van der Waals surface area contributed by atoms with Gasteiger partial charge in [0, 0.05) is 5.57 Å². The van der Waals surface area contributed by atoms with Gasteiger partial charge in [0.2, 0.25) is 0 Å². The molecule has 0 aliphatic rings. The molecule has 2 nitrogen and oxygen atoms in total. The van der Waals surface area contributed by atoms with Gasteiger partial charge in [-0.15, -0.1) is 0 Å². The minimum atomic E-state index is -0.295. The van der Waals surface area contributed by atoms with Crippen LogP contribution in [0.2, 0.25) is 0 Å². The van der Waals surface area contributed by atoms with Crippen molar-refractivity contribution in [2.45, 2.75) is 39.0 Å². The van der Waals surface area contributed by atoms with Crippen LogP contribution in [0.1, 0.15) is 39.0 Å². The molecule has 0 atom stereocenters. The molecule has 0 spiro atoms. The Balaban J connectivity index is 3.13. The third kappa shape index (κ3) is 7.84. The largest absolute Gasteiger partial charge is 0.462 e. The molecule has 0 aromatic rings. The van der Waals surface area contributed by atoms with Crippen LogP contribution in [-0.4, -0.2) is 12.6 Å². The first kappa shape index (κ1) is 13.2. The van der Waals surface area contributed by atoms with Gasteiger partial charge in [-0.25, -0.2) is 4.79 Å². The predicted octanol–water partition coefficient (Wildman–Crippen LogP) is 3.09. The Morgan fingerprint density at radius 1 is 1.36 bits per heavy atom. The SMILES string of the molecule is [CH2]CCCC[CH]CCOC(=O)C(=C)C. The maximum atomic E-state index is 10.9. The van der Waals surface area contributed by atoms with Gasteiger partial charge in [-0.05, 0) is 19.8 Å². The van der Waals surface area contributed by atoms with E-state index in [1.807, 2.05) is 0 Å². The topological polar surface area (TPSA) is 26.3 Å². The molecule has 0 aliphatic heterocycles. The molecule has 0 saturated carbocycles. The summed E-state index contributed by atoms with van der Waals surface area (Å²) in [6.45, 7) is 9.39. The number of esters is 1. The van der Waals surface area contributed by atoms with Crippen LogP contribution in [0.25, 0.3) is 0 Å². The molecule has 80 valence electrons. The van der Waals surface area contributed by atoms with Crippen LogP contribution in [0.4, 0.5) is 0 Å². The van der Waals surface area contributed by atoms with Crippen LogP contribution in [0.3, 0.4) is 0 Å². The fourth-order valence-electron chi connectivity index (χ4n) is 0.968. The molecule has 0 fully saturated rings. The lowest BCUT2D eigenvalue weighted by atomic mass is 10.1. The van der Waals surface area contributed by atoms with E-state index >= 15 is 0 Å². The van der Waals surface area contributed by atoms with Gasteiger partial charge >= 0.3 is 5.97 Å². The zero-order chi connectivity index (χ0) is 10.8. The van der Waals surface area contributed by atoms with Crippen molar-refractivity contribution >= 4 is 5.97 Å². The first-order valence-electron chi connectivity index (χ1n) is 5.12. The second-order valence-electron chi connectivity index (χ2n) is 3.34. The smallest absolute Gasteiger partial charge is 0.333 e. The number of rotatable bonds is 8. The third-order valence-electron chi connectivity index (χ3n) is 1.81. The van der Waals surface area contributed by atoms with Crippen molar-refractivity contribution in [3.05, 3.63) is 25.5 Å². The van der Waals surface area contributed by atoms with Gasteiger partial charge in [0.15, 0.2) is 0 Å². The first-order chi connectivity index (χ1) is 6.68. The molecule has 2 heteroatoms. The van der Waals surface area contributed by atoms with Crippen molar-refractivity contribution in [1.82, 2.24) is 0 Å². The number of ether oxygens (including phenoxy) is 1. The highest BCUT2D eigenvalue weighted by atomic mass is 16.5. The van der Waals surface area contributed by atoms with E-state index in [9.17, 15) is 4.79 Å². The summed E-state index contributed by atoms with van der Waals surface area (Å²) in [5.41, 5.74) is 0.460. The molecule has 0 amide bonds. The maximum Gasteiger partial charge on any atom is 0.333 e. The number of unbranched alkanes of at least 4 members (excludes halogenated alkanes) is 5. The Kier molecular flexibility index (Phi) is 8.30. The summed E-state index contributed by atoms with van der Waals surface area (Å²) in [4.78, 5) is 10.9. The molecule has 2 radical (unpaired) electrons. The van der Waals surface area contributed by atoms with Crippen molar-refractivity contribution in [2.75, 3.05) is 6.61 Å². The van der Waals surface area contributed by atoms with Crippen LogP contribution in [0.5, 0.6) is 0 Å². The Hall–Kier alpha value is -0.790. The fraction of sp³-hybridized carbons (Fsp3) is 0.583. The number of carbonyl (C=O) groups excluding carboxylic acids is 1. The number of hydrogen-bond donors (Lipinski definition) is 0. The lowest BCUT2D eigenvalue weighted by Crippen LogP contribution is -2.06. The van der Waals surface area contributed by atoms with E-state index in [1.54, 1.807) is 6.92 Å². The summed E-state index contributed by atoms with van der Waals surface area (Å²) in [5, 5.41) is 0. The van der Waals surface area contributed by atoms with Crippen molar-refractivity contribution in [3.63, 3.8) is 0 Å². The van der Waals surface area contributed by atoms with E-state index in [1.165, 1.54) is 12.8 Å². The monoisotopic (exact) mass is 196 g/mol. The highest BCUT2D eigenvalue weighted by Crippen LogP contribution is 2.04. The van der Waals surface area contributed by atoms with Crippen molar-refractivity contribution in [2.24, 2.45) is 0 Å². The summed E-state index contributed by atoms with van der Waals surface area (Å²) >= 11 is 0. The summed E-state index contributed by atoms with van der Waals surface area (Å²) < 4.78 is 4.93. The van der Waals surface area contributed by atoms with E-state index < -0.39 is 0 Å². The van der Waals surface area contributed by atoms with Crippen LogP contribution in [0, 0.1) is 13.3 Å². The summed E-state index contributed by atoms with van der Waals surface area (Å²) in [7, 11) is 0. The second-order valence-corrected chi connectivity index (χ2v) is 3.34. The Morgan fingerprint density at radius 3 is 2.64 bits per heavy atom. The quantitative estimate of drug-likeness (QED) is 0.339. The molecular formula is C12H20O2. The molecule has 0 N–H and O–H groups in total. The Labute approximate surface area is 87.3 Å². The zero-order valence-corrected chi connectivity index (χ0v) is 9.05. The molecule has 0 aromatic carbocycles. The fourth-order valence-corrected chi connectivity index (χ4v) is 0.968. The zero-order valence-electron chi connectivity index (χ0n) is 9.05. The van der Waals surface area contributed by atoms with Gasteiger partial charge < -0.3 is 4.74 Å². The van der Waals surface area contributed by atoms with Gasteiger partial charge in [-0.3, -0.25) is 0 Å². The molecule has 0 heterocycles. The summed E-state index contributed by atoms with van der Waals surface area (Å²) in [6, 6.07) is 0. The van der Waals surface area contributed by atoms with Crippen molar-refractivity contribution in [1.29, 1.82) is 0 Å². The summed E-state index contributed by atoms with van der Waals surface area (Å²) in [6.07, 6.45) is 7.41. The number of hydrogen-bond acceptors (Lipinski definition) is 2.